The number of nitrogens with one attached hydrogen (secondary N) is 1. The molecule has 0 saturated heterocycles. The van der Waals surface area contributed by atoms with Crippen molar-refractivity contribution in [3.05, 3.63) is 71.5 Å². The first kappa shape index (κ1) is 11.8. The van der Waals surface area contributed by atoms with E-state index in [9.17, 15) is 0 Å². The summed E-state index contributed by atoms with van der Waals surface area (Å²) in [6.45, 7) is 5.06. The van der Waals surface area contributed by atoms with Crippen LogP contribution in [0.1, 0.15) is 17.0 Å². The van der Waals surface area contributed by atoms with Crippen LogP contribution in [0.25, 0.3) is 10.8 Å². The van der Waals surface area contributed by atoms with Gasteiger partial charge in [0.2, 0.25) is 0 Å². The molecule has 2 aromatic carbocycles. The van der Waals surface area contributed by atoms with Crippen LogP contribution in [0.2, 0.25) is 0 Å². The highest BCUT2D eigenvalue weighted by molar-refractivity contribution is 5.85. The molecule has 3 aromatic rings. The maximum absolute atomic E-state index is 3.49. The third kappa shape index (κ3) is 2.22. The van der Waals surface area contributed by atoms with Crippen LogP contribution in [-0.2, 0) is 6.54 Å². The van der Waals surface area contributed by atoms with Gasteiger partial charge >= 0.3 is 0 Å². The maximum Gasteiger partial charge on any atom is 0.0570 e. The number of nitrogens with zero attached hydrogens (tertiary/aromatic N) is 1. The zero-order valence-electron chi connectivity index (χ0n) is 11.4. The van der Waals surface area contributed by atoms with Crippen LogP contribution >= 0.6 is 0 Å². The van der Waals surface area contributed by atoms with Crippen molar-refractivity contribution in [2.24, 2.45) is 0 Å². The second-order valence-electron chi connectivity index (χ2n) is 4.92. The topological polar surface area (TPSA) is 17.0 Å². The summed E-state index contributed by atoms with van der Waals surface area (Å²) in [5.74, 6) is 0. The van der Waals surface area contributed by atoms with Crippen LogP contribution in [-0.4, -0.2) is 4.68 Å². The molecule has 0 radical (unpaired) electrons. The lowest BCUT2D eigenvalue weighted by Crippen LogP contribution is -2.16. The van der Waals surface area contributed by atoms with Crippen molar-refractivity contribution in [3.63, 3.8) is 0 Å². The van der Waals surface area contributed by atoms with Crippen LogP contribution in [0.4, 0.5) is 0 Å². The van der Waals surface area contributed by atoms with Crippen LogP contribution in [0.5, 0.6) is 0 Å². The minimum Gasteiger partial charge on any atom is -0.322 e. The minimum absolute atomic E-state index is 0.831. The van der Waals surface area contributed by atoms with Gasteiger partial charge in [-0.3, -0.25) is 4.68 Å². The Hall–Kier alpha value is -2.22. The maximum atomic E-state index is 3.49. The fourth-order valence-electron chi connectivity index (χ4n) is 2.53. The quantitative estimate of drug-likeness (QED) is 0.743. The van der Waals surface area contributed by atoms with Gasteiger partial charge in [0.1, 0.15) is 0 Å². The summed E-state index contributed by atoms with van der Waals surface area (Å²) < 4.78 is 2.14. The van der Waals surface area contributed by atoms with Gasteiger partial charge in [0, 0.05) is 11.4 Å². The molecule has 96 valence electrons. The van der Waals surface area contributed by atoms with Crippen molar-refractivity contribution in [2.45, 2.75) is 20.4 Å². The number of aromatic nitrogens is 1. The number of rotatable bonds is 3. The molecule has 0 bridgehead atoms. The third-order valence-electron chi connectivity index (χ3n) is 3.58. The van der Waals surface area contributed by atoms with Gasteiger partial charge in [-0.05, 0) is 42.3 Å². The van der Waals surface area contributed by atoms with E-state index in [1.54, 1.807) is 0 Å². The van der Waals surface area contributed by atoms with E-state index in [0.717, 1.165) is 6.54 Å². The third-order valence-corrected chi connectivity index (χ3v) is 3.58. The van der Waals surface area contributed by atoms with Crippen LogP contribution in [0, 0.1) is 13.8 Å². The molecule has 1 aromatic heterocycles. The molecule has 0 saturated carbocycles. The van der Waals surface area contributed by atoms with Gasteiger partial charge in [0.25, 0.3) is 0 Å². The molecule has 0 fully saturated rings. The fourth-order valence-corrected chi connectivity index (χ4v) is 2.53. The molecular formula is C17H18N2. The number of aryl methyl sites for hydroxylation is 2. The summed E-state index contributed by atoms with van der Waals surface area (Å²) in [6.07, 6.45) is 0. The van der Waals surface area contributed by atoms with Crippen LogP contribution in [0.3, 0.4) is 0 Å². The van der Waals surface area contributed by atoms with E-state index in [-0.39, 0.29) is 0 Å². The molecule has 0 unspecified atom stereocenters. The Labute approximate surface area is 113 Å². The van der Waals surface area contributed by atoms with Gasteiger partial charge in [-0.1, -0.05) is 42.5 Å². The Balaban J connectivity index is 1.90. The molecule has 1 N–H and O–H groups in total. The summed E-state index contributed by atoms with van der Waals surface area (Å²) in [5.41, 5.74) is 7.28. The van der Waals surface area contributed by atoms with Gasteiger partial charge in [0.15, 0.2) is 0 Å². The fraction of sp³-hybridized carbons (Fsp3) is 0.176. The predicted octanol–water partition coefficient (Wildman–Crippen LogP) is 4.00. The molecule has 3 rings (SSSR count). The molecule has 0 aliphatic rings. The van der Waals surface area contributed by atoms with Crippen LogP contribution in [0.15, 0.2) is 54.6 Å². The molecular weight excluding hydrogens is 232 g/mol. The standard InChI is InChI=1S/C17H18N2/c1-13-10-11-14(2)19(13)18-12-16-8-5-7-15-6-3-4-9-17(15)16/h3-11,18H,12H2,1-2H3. The van der Waals surface area contributed by atoms with E-state index < -0.39 is 0 Å². The molecule has 2 nitrogen and oxygen atoms in total. The van der Waals surface area contributed by atoms with Crippen LogP contribution < -0.4 is 5.43 Å². The van der Waals surface area contributed by atoms with Gasteiger partial charge in [-0.25, -0.2) is 0 Å². The zero-order valence-corrected chi connectivity index (χ0v) is 11.4. The summed E-state index contributed by atoms with van der Waals surface area (Å²) in [7, 11) is 0. The minimum atomic E-state index is 0.831. The van der Waals surface area contributed by atoms with E-state index >= 15 is 0 Å². The van der Waals surface area contributed by atoms with E-state index in [1.165, 1.54) is 27.7 Å². The van der Waals surface area contributed by atoms with E-state index in [2.05, 4.69) is 78.5 Å². The smallest absolute Gasteiger partial charge is 0.0570 e. The van der Waals surface area contributed by atoms with E-state index in [4.69, 9.17) is 0 Å². The van der Waals surface area contributed by atoms with Crippen molar-refractivity contribution in [2.75, 3.05) is 5.43 Å². The highest BCUT2D eigenvalue weighted by Gasteiger charge is 2.02. The highest BCUT2D eigenvalue weighted by Crippen LogP contribution is 2.18. The number of benzene rings is 2. The van der Waals surface area contributed by atoms with Gasteiger partial charge in [-0.2, -0.15) is 0 Å². The lowest BCUT2D eigenvalue weighted by Gasteiger charge is -2.14. The Morgan fingerprint density at radius 3 is 2.32 bits per heavy atom. The van der Waals surface area contributed by atoms with Gasteiger partial charge in [0.05, 0.1) is 6.54 Å². The van der Waals surface area contributed by atoms with Crippen molar-refractivity contribution < 1.29 is 0 Å². The number of hydrogen-bond donors (Lipinski definition) is 1. The molecule has 1 heterocycles. The molecule has 0 spiro atoms. The van der Waals surface area contributed by atoms with Crippen molar-refractivity contribution in [1.82, 2.24) is 4.68 Å². The predicted molar refractivity (Wildman–Crippen MR) is 80.9 cm³/mol. The lowest BCUT2D eigenvalue weighted by molar-refractivity contribution is 0.794. The molecule has 19 heavy (non-hydrogen) atoms. The second-order valence-corrected chi connectivity index (χ2v) is 4.92. The number of hydrogen-bond acceptors (Lipinski definition) is 1. The molecule has 0 aliphatic carbocycles. The second kappa shape index (κ2) is 4.81. The van der Waals surface area contributed by atoms with Gasteiger partial charge < -0.3 is 5.43 Å². The first-order valence-electron chi connectivity index (χ1n) is 6.61. The highest BCUT2D eigenvalue weighted by atomic mass is 15.4. The largest absolute Gasteiger partial charge is 0.322 e. The monoisotopic (exact) mass is 250 g/mol. The first-order chi connectivity index (χ1) is 9.25. The molecule has 2 heteroatoms. The average molecular weight is 250 g/mol. The Kier molecular flexibility index (Phi) is 3.00. The van der Waals surface area contributed by atoms with Crippen molar-refractivity contribution in [1.29, 1.82) is 0 Å². The Morgan fingerprint density at radius 2 is 1.53 bits per heavy atom. The molecule has 0 amide bonds. The first-order valence-corrected chi connectivity index (χ1v) is 6.61. The van der Waals surface area contributed by atoms with E-state index in [0.29, 0.717) is 0 Å². The van der Waals surface area contributed by atoms with Crippen molar-refractivity contribution >= 4 is 10.8 Å². The molecule has 0 aliphatic heterocycles. The van der Waals surface area contributed by atoms with Crippen molar-refractivity contribution in [3.8, 4) is 0 Å². The number of fused-ring (bicyclic) bond motifs is 1. The Morgan fingerprint density at radius 1 is 0.842 bits per heavy atom. The summed E-state index contributed by atoms with van der Waals surface area (Å²) in [4.78, 5) is 0. The Bertz CT molecular complexity index is 685. The molecule has 0 atom stereocenters. The summed E-state index contributed by atoms with van der Waals surface area (Å²) in [5, 5.41) is 2.61. The average Bonchev–Trinajstić information content (AvgIpc) is 2.76. The van der Waals surface area contributed by atoms with Gasteiger partial charge in [-0.15, -0.1) is 0 Å². The van der Waals surface area contributed by atoms with E-state index in [1.807, 2.05) is 0 Å². The summed E-state index contributed by atoms with van der Waals surface area (Å²) >= 11 is 0. The summed E-state index contributed by atoms with van der Waals surface area (Å²) in [6, 6.07) is 19.2. The SMILES string of the molecule is Cc1ccc(C)n1NCc1cccc2ccccc12. The lowest BCUT2D eigenvalue weighted by atomic mass is 10.1. The normalized spacial score (nSPS) is 10.8. The zero-order chi connectivity index (χ0) is 13.2.